The van der Waals surface area contributed by atoms with Gasteiger partial charge in [-0.2, -0.15) is 0 Å². The van der Waals surface area contributed by atoms with Gasteiger partial charge in [0.25, 0.3) is 0 Å². The Hall–Kier alpha value is -1.32. The minimum absolute atomic E-state index is 0.627. The standard InChI is InChI=1S/C7H9N3O/c1-11-7-4-6-8-2-3-10(6)5-9-7/h4-5H,2-3H2,1H3. The molecule has 0 aromatic heterocycles. The minimum Gasteiger partial charge on any atom is -0.481 e. The van der Waals surface area contributed by atoms with E-state index in [1.165, 1.54) is 0 Å². The van der Waals surface area contributed by atoms with Crippen molar-refractivity contribution in [3.8, 4) is 0 Å². The lowest BCUT2D eigenvalue weighted by atomic mass is 10.4. The van der Waals surface area contributed by atoms with Crippen LogP contribution in [0.5, 0.6) is 0 Å². The molecule has 0 bridgehead atoms. The molecular formula is C7H9N3O. The number of amidine groups is 1. The molecule has 58 valence electrons. The zero-order chi connectivity index (χ0) is 7.68. The van der Waals surface area contributed by atoms with Crippen LogP contribution in [0.2, 0.25) is 0 Å². The molecule has 0 fully saturated rings. The molecule has 0 aromatic carbocycles. The van der Waals surface area contributed by atoms with Crippen molar-refractivity contribution in [3.05, 3.63) is 12.0 Å². The van der Waals surface area contributed by atoms with Crippen LogP contribution in [0, 0.1) is 0 Å². The topological polar surface area (TPSA) is 37.2 Å². The van der Waals surface area contributed by atoms with Crippen LogP contribution >= 0.6 is 0 Å². The summed E-state index contributed by atoms with van der Waals surface area (Å²) in [5.74, 6) is 1.58. The van der Waals surface area contributed by atoms with E-state index in [0.717, 1.165) is 18.9 Å². The van der Waals surface area contributed by atoms with Gasteiger partial charge in [0, 0.05) is 12.6 Å². The smallest absolute Gasteiger partial charge is 0.218 e. The Morgan fingerprint density at radius 2 is 2.55 bits per heavy atom. The van der Waals surface area contributed by atoms with E-state index >= 15 is 0 Å². The highest BCUT2D eigenvalue weighted by atomic mass is 16.5. The molecule has 0 amide bonds. The van der Waals surface area contributed by atoms with E-state index < -0.39 is 0 Å². The van der Waals surface area contributed by atoms with Gasteiger partial charge in [0.1, 0.15) is 12.2 Å². The SMILES string of the molecule is COC1=CC2=NCCN2C=N1. The van der Waals surface area contributed by atoms with Crippen molar-refractivity contribution < 1.29 is 4.74 Å². The molecular weight excluding hydrogens is 142 g/mol. The van der Waals surface area contributed by atoms with Crippen LogP contribution in [0.4, 0.5) is 0 Å². The van der Waals surface area contributed by atoms with Crippen LogP contribution < -0.4 is 0 Å². The van der Waals surface area contributed by atoms with Crippen LogP contribution in [0.1, 0.15) is 0 Å². The Bertz CT molecular complexity index is 254. The van der Waals surface area contributed by atoms with Gasteiger partial charge in [-0.25, -0.2) is 4.99 Å². The highest BCUT2D eigenvalue weighted by Gasteiger charge is 2.16. The lowest BCUT2D eigenvalue weighted by Crippen LogP contribution is -2.27. The van der Waals surface area contributed by atoms with Crippen molar-refractivity contribution in [2.75, 3.05) is 20.2 Å². The molecule has 0 saturated carbocycles. The maximum absolute atomic E-state index is 4.96. The van der Waals surface area contributed by atoms with Crippen molar-refractivity contribution >= 4 is 12.2 Å². The number of nitrogens with zero attached hydrogens (tertiary/aromatic N) is 3. The number of rotatable bonds is 1. The summed E-state index contributed by atoms with van der Waals surface area (Å²) in [6.45, 7) is 1.79. The Labute approximate surface area is 64.9 Å². The molecule has 0 N–H and O–H groups in total. The quantitative estimate of drug-likeness (QED) is 0.538. The van der Waals surface area contributed by atoms with Gasteiger partial charge >= 0.3 is 0 Å². The number of ether oxygens (including phenoxy) is 1. The Morgan fingerprint density at radius 1 is 1.64 bits per heavy atom. The zero-order valence-electron chi connectivity index (χ0n) is 6.32. The molecule has 2 aliphatic rings. The fourth-order valence-electron chi connectivity index (χ4n) is 1.11. The predicted octanol–water partition coefficient (Wildman–Crippen LogP) is 0.230. The third kappa shape index (κ3) is 1.00. The second-order valence-electron chi connectivity index (χ2n) is 2.36. The Morgan fingerprint density at radius 3 is 3.36 bits per heavy atom. The highest BCUT2D eigenvalue weighted by Crippen LogP contribution is 2.09. The van der Waals surface area contributed by atoms with E-state index in [9.17, 15) is 0 Å². The van der Waals surface area contributed by atoms with E-state index in [2.05, 4.69) is 9.98 Å². The third-order valence-electron chi connectivity index (χ3n) is 1.70. The third-order valence-corrected chi connectivity index (χ3v) is 1.70. The first kappa shape index (κ1) is 6.39. The number of methoxy groups -OCH3 is 1. The van der Waals surface area contributed by atoms with Gasteiger partial charge in [-0.15, -0.1) is 0 Å². The van der Waals surface area contributed by atoms with E-state index in [4.69, 9.17) is 4.74 Å². The number of hydrogen-bond acceptors (Lipinski definition) is 4. The molecule has 0 atom stereocenters. The Kier molecular flexibility index (Phi) is 1.38. The van der Waals surface area contributed by atoms with Gasteiger partial charge in [-0.05, 0) is 0 Å². The van der Waals surface area contributed by atoms with Crippen LogP contribution in [0.25, 0.3) is 0 Å². The average Bonchev–Trinajstić information content (AvgIpc) is 2.50. The van der Waals surface area contributed by atoms with E-state index in [0.29, 0.717) is 5.88 Å². The summed E-state index contributed by atoms with van der Waals surface area (Å²) in [5, 5.41) is 0. The summed E-state index contributed by atoms with van der Waals surface area (Å²) in [7, 11) is 1.61. The molecule has 0 aromatic rings. The molecule has 2 rings (SSSR count). The van der Waals surface area contributed by atoms with Gasteiger partial charge in [0.2, 0.25) is 5.88 Å². The van der Waals surface area contributed by atoms with Crippen LogP contribution in [0.15, 0.2) is 21.9 Å². The monoisotopic (exact) mass is 151 g/mol. The fraction of sp³-hybridized carbons (Fsp3) is 0.429. The maximum atomic E-state index is 4.96. The van der Waals surface area contributed by atoms with Crippen molar-refractivity contribution in [2.45, 2.75) is 0 Å². The Balaban J connectivity index is 2.25. The molecule has 4 heteroatoms. The molecule has 0 aliphatic carbocycles. The van der Waals surface area contributed by atoms with Crippen molar-refractivity contribution in [2.24, 2.45) is 9.98 Å². The second kappa shape index (κ2) is 2.38. The van der Waals surface area contributed by atoms with Crippen LogP contribution in [-0.4, -0.2) is 37.3 Å². The van der Waals surface area contributed by atoms with Gasteiger partial charge in [0.05, 0.1) is 13.7 Å². The van der Waals surface area contributed by atoms with E-state index in [1.807, 2.05) is 11.0 Å². The molecule has 11 heavy (non-hydrogen) atoms. The number of aliphatic imine (C=N–C) groups is 2. The van der Waals surface area contributed by atoms with Gasteiger partial charge in [-0.1, -0.05) is 0 Å². The minimum atomic E-state index is 0.627. The summed E-state index contributed by atoms with van der Waals surface area (Å²) < 4.78 is 4.96. The van der Waals surface area contributed by atoms with Gasteiger partial charge in [-0.3, -0.25) is 4.99 Å². The lowest BCUT2D eigenvalue weighted by Gasteiger charge is -2.15. The molecule has 0 radical (unpaired) electrons. The maximum Gasteiger partial charge on any atom is 0.218 e. The van der Waals surface area contributed by atoms with E-state index in [1.54, 1.807) is 13.4 Å². The predicted molar refractivity (Wildman–Crippen MR) is 42.6 cm³/mol. The van der Waals surface area contributed by atoms with Crippen LogP contribution in [-0.2, 0) is 4.74 Å². The van der Waals surface area contributed by atoms with Crippen molar-refractivity contribution in [1.82, 2.24) is 4.90 Å². The molecule has 4 nitrogen and oxygen atoms in total. The molecule has 0 saturated heterocycles. The number of hydrogen-bond donors (Lipinski definition) is 0. The highest BCUT2D eigenvalue weighted by molar-refractivity contribution is 6.03. The summed E-state index contributed by atoms with van der Waals surface area (Å²) >= 11 is 0. The van der Waals surface area contributed by atoms with Crippen molar-refractivity contribution in [1.29, 1.82) is 0 Å². The van der Waals surface area contributed by atoms with E-state index in [-0.39, 0.29) is 0 Å². The first-order valence-corrected chi connectivity index (χ1v) is 3.51. The van der Waals surface area contributed by atoms with Crippen LogP contribution in [0.3, 0.4) is 0 Å². The lowest BCUT2D eigenvalue weighted by molar-refractivity contribution is 0.287. The van der Waals surface area contributed by atoms with Crippen molar-refractivity contribution in [3.63, 3.8) is 0 Å². The van der Waals surface area contributed by atoms with Gasteiger partial charge in [0.15, 0.2) is 0 Å². The molecule has 2 heterocycles. The molecule has 0 spiro atoms. The fourth-order valence-corrected chi connectivity index (χ4v) is 1.11. The largest absolute Gasteiger partial charge is 0.481 e. The average molecular weight is 151 g/mol. The summed E-state index contributed by atoms with van der Waals surface area (Å²) in [6, 6.07) is 0. The van der Waals surface area contributed by atoms with Gasteiger partial charge < -0.3 is 9.64 Å². The molecule has 0 unspecified atom stereocenters. The first-order chi connectivity index (χ1) is 5.40. The summed E-state index contributed by atoms with van der Waals surface area (Å²) in [4.78, 5) is 10.3. The molecule has 2 aliphatic heterocycles. The zero-order valence-corrected chi connectivity index (χ0v) is 6.32. The summed E-state index contributed by atoms with van der Waals surface area (Å²) in [5.41, 5.74) is 0. The second-order valence-corrected chi connectivity index (χ2v) is 2.36. The normalized spacial score (nSPS) is 21.0. The first-order valence-electron chi connectivity index (χ1n) is 3.51. The summed E-state index contributed by atoms with van der Waals surface area (Å²) in [6.07, 6.45) is 3.59. The number of fused-ring (bicyclic) bond motifs is 1.